The molecule has 1 aromatic heterocycles. The lowest BCUT2D eigenvalue weighted by Gasteiger charge is -1.98. The van der Waals surface area contributed by atoms with Gasteiger partial charge in [-0.3, -0.25) is 0 Å². The highest BCUT2D eigenvalue weighted by atomic mass is 79.9. The largest absolute Gasteiger partial charge is 0.421 e. The third kappa shape index (κ3) is 1.81. The molecule has 0 aliphatic heterocycles. The van der Waals surface area contributed by atoms with Crippen molar-refractivity contribution in [1.82, 2.24) is 10.2 Å². The fraction of sp³-hybridized carbons (Fsp3) is 0.111. The van der Waals surface area contributed by atoms with Crippen LogP contribution in [-0.2, 0) is 0 Å². The molecule has 0 amide bonds. The summed E-state index contributed by atoms with van der Waals surface area (Å²) in [6.07, 6.45) is 0. The van der Waals surface area contributed by atoms with Crippen molar-refractivity contribution in [2.45, 2.75) is 6.92 Å². The third-order valence-corrected chi connectivity index (χ3v) is 2.61. The van der Waals surface area contributed by atoms with E-state index in [4.69, 9.17) is 16.0 Å². The number of aryl methyl sites for hydroxylation is 1. The fourth-order valence-electron chi connectivity index (χ4n) is 1.07. The molecule has 0 N–H and O–H groups in total. The summed E-state index contributed by atoms with van der Waals surface area (Å²) in [4.78, 5) is 0. The van der Waals surface area contributed by atoms with Crippen molar-refractivity contribution in [3.8, 4) is 11.5 Å². The second-order valence-electron chi connectivity index (χ2n) is 2.75. The summed E-state index contributed by atoms with van der Waals surface area (Å²) in [5, 5.41) is 8.30. The van der Waals surface area contributed by atoms with Gasteiger partial charge < -0.3 is 4.42 Å². The Hall–Kier alpha value is -0.870. The molecule has 0 aliphatic rings. The molecule has 2 rings (SSSR count). The second kappa shape index (κ2) is 3.71. The van der Waals surface area contributed by atoms with E-state index in [2.05, 4.69) is 26.1 Å². The van der Waals surface area contributed by atoms with E-state index in [1.165, 1.54) is 0 Å². The number of hydrogen-bond acceptors (Lipinski definition) is 3. The first-order valence-corrected chi connectivity index (χ1v) is 5.09. The van der Waals surface area contributed by atoms with Crippen LogP contribution in [0, 0.1) is 6.92 Å². The van der Waals surface area contributed by atoms with E-state index in [0.29, 0.717) is 16.8 Å². The molecule has 0 fully saturated rings. The molecule has 3 nitrogen and oxygen atoms in total. The van der Waals surface area contributed by atoms with Gasteiger partial charge in [-0.05, 0) is 34.1 Å². The molecule has 2 aromatic rings. The molecule has 0 spiro atoms. The van der Waals surface area contributed by atoms with Crippen LogP contribution in [0.4, 0.5) is 0 Å². The molecule has 0 unspecified atom stereocenters. The van der Waals surface area contributed by atoms with Crippen molar-refractivity contribution >= 4 is 27.5 Å². The molecule has 0 saturated heterocycles. The maximum absolute atomic E-state index is 5.86. The maximum Gasteiger partial charge on any atom is 0.248 e. The van der Waals surface area contributed by atoms with E-state index in [9.17, 15) is 0 Å². The van der Waals surface area contributed by atoms with E-state index >= 15 is 0 Å². The zero-order valence-electron chi connectivity index (χ0n) is 7.29. The maximum atomic E-state index is 5.86. The zero-order chi connectivity index (χ0) is 10.1. The first-order valence-electron chi connectivity index (χ1n) is 3.92. The van der Waals surface area contributed by atoms with Crippen LogP contribution in [0.3, 0.4) is 0 Å². The molecule has 72 valence electrons. The van der Waals surface area contributed by atoms with Gasteiger partial charge in [0.15, 0.2) is 0 Å². The molecule has 0 bridgehead atoms. The molecule has 14 heavy (non-hydrogen) atoms. The normalized spacial score (nSPS) is 10.5. The Balaban J connectivity index is 2.55. The summed E-state index contributed by atoms with van der Waals surface area (Å²) < 4.78 is 6.17. The first kappa shape index (κ1) is 9.68. The summed E-state index contributed by atoms with van der Waals surface area (Å²) in [5.41, 5.74) is 0.804. The molecular formula is C9H6BrClN2O. The Morgan fingerprint density at radius 3 is 2.79 bits per heavy atom. The standard InChI is InChI=1S/C9H6BrClN2O/c1-5-12-13-9(14-5)7-4-6(11)2-3-8(7)10/h2-4H,1H3. The van der Waals surface area contributed by atoms with Crippen LogP contribution >= 0.6 is 27.5 Å². The number of rotatable bonds is 1. The number of hydrogen-bond donors (Lipinski definition) is 0. The summed E-state index contributed by atoms with van der Waals surface area (Å²) >= 11 is 9.25. The van der Waals surface area contributed by atoms with Gasteiger partial charge in [-0.15, -0.1) is 10.2 Å². The number of nitrogens with zero attached hydrogens (tertiary/aromatic N) is 2. The van der Waals surface area contributed by atoms with Crippen LogP contribution in [0.15, 0.2) is 27.1 Å². The lowest BCUT2D eigenvalue weighted by molar-refractivity contribution is 0.532. The van der Waals surface area contributed by atoms with Crippen molar-refractivity contribution in [3.63, 3.8) is 0 Å². The molecule has 1 aromatic carbocycles. The highest BCUT2D eigenvalue weighted by molar-refractivity contribution is 9.10. The smallest absolute Gasteiger partial charge is 0.248 e. The number of benzene rings is 1. The molecule has 0 atom stereocenters. The number of halogens is 2. The van der Waals surface area contributed by atoms with Crippen molar-refractivity contribution < 1.29 is 4.42 Å². The summed E-state index contributed by atoms with van der Waals surface area (Å²) in [7, 11) is 0. The molecular weight excluding hydrogens is 267 g/mol. The molecule has 0 aliphatic carbocycles. The highest BCUT2D eigenvalue weighted by Gasteiger charge is 2.10. The van der Waals surface area contributed by atoms with Gasteiger partial charge in [0.1, 0.15) is 0 Å². The van der Waals surface area contributed by atoms with Gasteiger partial charge in [0.2, 0.25) is 11.8 Å². The topological polar surface area (TPSA) is 38.9 Å². The molecule has 1 heterocycles. The van der Waals surface area contributed by atoms with E-state index in [1.54, 1.807) is 19.1 Å². The fourth-order valence-corrected chi connectivity index (χ4v) is 1.66. The highest BCUT2D eigenvalue weighted by Crippen LogP contribution is 2.29. The monoisotopic (exact) mass is 272 g/mol. The second-order valence-corrected chi connectivity index (χ2v) is 4.04. The summed E-state index contributed by atoms with van der Waals surface area (Å²) in [6, 6.07) is 5.41. The van der Waals surface area contributed by atoms with Gasteiger partial charge in [-0.1, -0.05) is 11.6 Å². The minimum Gasteiger partial charge on any atom is -0.421 e. The van der Waals surface area contributed by atoms with Crippen LogP contribution in [0.25, 0.3) is 11.5 Å². The lowest BCUT2D eigenvalue weighted by atomic mass is 10.2. The molecule has 5 heteroatoms. The summed E-state index contributed by atoms with van der Waals surface area (Å²) in [5.74, 6) is 1.00. The molecule has 0 saturated carbocycles. The van der Waals surface area contributed by atoms with Gasteiger partial charge >= 0.3 is 0 Å². The van der Waals surface area contributed by atoms with E-state index < -0.39 is 0 Å². The van der Waals surface area contributed by atoms with Gasteiger partial charge in [0.05, 0.1) is 5.56 Å². The van der Waals surface area contributed by atoms with Crippen molar-refractivity contribution in [2.24, 2.45) is 0 Å². The van der Waals surface area contributed by atoms with Crippen LogP contribution < -0.4 is 0 Å². The van der Waals surface area contributed by atoms with Crippen molar-refractivity contribution in [1.29, 1.82) is 0 Å². The predicted octanol–water partition coefficient (Wildman–Crippen LogP) is 3.46. The lowest BCUT2D eigenvalue weighted by Crippen LogP contribution is -1.80. The van der Waals surface area contributed by atoms with Gasteiger partial charge in [-0.2, -0.15) is 0 Å². The first-order chi connectivity index (χ1) is 6.66. The summed E-state index contributed by atoms with van der Waals surface area (Å²) in [6.45, 7) is 1.74. The van der Waals surface area contributed by atoms with Crippen LogP contribution in [0.1, 0.15) is 5.89 Å². The van der Waals surface area contributed by atoms with Crippen LogP contribution in [0.2, 0.25) is 5.02 Å². The van der Waals surface area contributed by atoms with E-state index in [1.807, 2.05) is 6.07 Å². The average molecular weight is 274 g/mol. The van der Waals surface area contributed by atoms with Gasteiger partial charge in [0.25, 0.3) is 0 Å². The van der Waals surface area contributed by atoms with Crippen LogP contribution in [0.5, 0.6) is 0 Å². The Morgan fingerprint density at radius 1 is 1.36 bits per heavy atom. The van der Waals surface area contributed by atoms with Gasteiger partial charge in [-0.25, -0.2) is 0 Å². The van der Waals surface area contributed by atoms with Crippen molar-refractivity contribution in [2.75, 3.05) is 0 Å². The Labute approximate surface area is 94.2 Å². The third-order valence-electron chi connectivity index (χ3n) is 1.68. The predicted molar refractivity (Wildman–Crippen MR) is 57.2 cm³/mol. The average Bonchev–Trinajstić information content (AvgIpc) is 2.56. The van der Waals surface area contributed by atoms with Crippen molar-refractivity contribution in [3.05, 3.63) is 33.6 Å². The molecule has 0 radical (unpaired) electrons. The Bertz CT molecular complexity index is 470. The van der Waals surface area contributed by atoms with E-state index in [-0.39, 0.29) is 0 Å². The Morgan fingerprint density at radius 2 is 2.14 bits per heavy atom. The van der Waals surface area contributed by atoms with Gasteiger partial charge in [0, 0.05) is 16.4 Å². The van der Waals surface area contributed by atoms with E-state index in [0.717, 1.165) is 10.0 Å². The van der Waals surface area contributed by atoms with Crippen LogP contribution in [-0.4, -0.2) is 10.2 Å². The Kier molecular flexibility index (Phi) is 2.56. The zero-order valence-corrected chi connectivity index (χ0v) is 9.63. The minimum absolute atomic E-state index is 0.469. The number of aromatic nitrogens is 2. The minimum atomic E-state index is 0.469. The quantitative estimate of drug-likeness (QED) is 0.798. The SMILES string of the molecule is Cc1nnc(-c2cc(Cl)ccc2Br)o1.